The van der Waals surface area contributed by atoms with Gasteiger partial charge in [-0.2, -0.15) is 13.2 Å². The molecule has 1 aromatic heterocycles. The summed E-state index contributed by atoms with van der Waals surface area (Å²) in [6.07, 6.45) is -0.315. The zero-order chi connectivity index (χ0) is 22.7. The van der Waals surface area contributed by atoms with Gasteiger partial charge in [-0.15, -0.1) is 0 Å². The third-order valence-corrected chi connectivity index (χ3v) is 5.83. The van der Waals surface area contributed by atoms with Gasteiger partial charge in [-0.05, 0) is 36.6 Å². The molecule has 0 unspecified atom stereocenters. The second kappa shape index (κ2) is 9.14. The van der Waals surface area contributed by atoms with Crippen LogP contribution in [-0.2, 0) is 23.9 Å². The number of benzene rings is 2. The molecule has 1 amide bonds. The number of alkyl halides is 3. The zero-order valence-electron chi connectivity index (χ0n) is 17.5. The van der Waals surface area contributed by atoms with Crippen LogP contribution >= 0.6 is 0 Å². The lowest BCUT2D eigenvalue weighted by atomic mass is 10.1. The average molecular weight is 443 g/mol. The van der Waals surface area contributed by atoms with Gasteiger partial charge in [0.1, 0.15) is 5.69 Å². The Bertz CT molecular complexity index is 1170. The van der Waals surface area contributed by atoms with E-state index in [1.54, 1.807) is 0 Å². The molecule has 8 heteroatoms. The predicted molar refractivity (Wildman–Crippen MR) is 115 cm³/mol. The lowest BCUT2D eigenvalue weighted by molar-refractivity contribution is -0.137. The summed E-state index contributed by atoms with van der Waals surface area (Å²) in [6.45, 7) is 0.200. The summed E-state index contributed by atoms with van der Waals surface area (Å²) in [5.74, 6) is -0.170. The number of rotatable bonds is 6. The highest BCUT2D eigenvalue weighted by atomic mass is 19.4. The van der Waals surface area contributed by atoms with Crippen LogP contribution in [0.3, 0.4) is 0 Å². The number of aryl methyl sites for hydroxylation is 1. The van der Waals surface area contributed by atoms with Gasteiger partial charge >= 0.3 is 6.18 Å². The van der Waals surface area contributed by atoms with E-state index in [4.69, 9.17) is 0 Å². The molecule has 0 saturated heterocycles. The number of carbonyl (C=O) groups is 1. The maximum atomic E-state index is 13.2. The Kier molecular flexibility index (Phi) is 6.30. The fourth-order valence-corrected chi connectivity index (χ4v) is 4.16. The van der Waals surface area contributed by atoms with Gasteiger partial charge in [0, 0.05) is 18.9 Å². The molecule has 0 radical (unpaired) electrons. The van der Waals surface area contributed by atoms with Crippen LogP contribution in [0.2, 0.25) is 0 Å². The molecule has 1 fully saturated rings. The van der Waals surface area contributed by atoms with E-state index < -0.39 is 17.3 Å². The van der Waals surface area contributed by atoms with E-state index in [0.29, 0.717) is 5.52 Å². The molecule has 1 aliphatic carbocycles. The van der Waals surface area contributed by atoms with Crippen molar-refractivity contribution in [1.82, 2.24) is 14.9 Å². The molecule has 1 aliphatic rings. The minimum atomic E-state index is -4.52. The molecule has 1 heterocycles. The first-order chi connectivity index (χ1) is 15.3. The van der Waals surface area contributed by atoms with Crippen molar-refractivity contribution in [2.75, 3.05) is 0 Å². The van der Waals surface area contributed by atoms with Crippen LogP contribution in [0.15, 0.2) is 53.3 Å². The molecule has 0 atom stereocenters. The van der Waals surface area contributed by atoms with Crippen molar-refractivity contribution < 1.29 is 18.0 Å². The van der Waals surface area contributed by atoms with Crippen LogP contribution in [0.1, 0.15) is 48.9 Å². The van der Waals surface area contributed by atoms with Gasteiger partial charge < -0.3 is 9.88 Å². The third kappa shape index (κ3) is 5.00. The van der Waals surface area contributed by atoms with Gasteiger partial charge in [0.25, 0.3) is 5.56 Å². The van der Waals surface area contributed by atoms with E-state index in [1.807, 2.05) is 30.3 Å². The summed E-state index contributed by atoms with van der Waals surface area (Å²) in [7, 11) is 0. The molecular weight excluding hydrogens is 419 g/mol. The normalized spacial score (nSPS) is 14.7. The molecule has 1 N–H and O–H groups in total. The second-order valence-electron chi connectivity index (χ2n) is 8.19. The van der Waals surface area contributed by atoms with E-state index in [1.165, 1.54) is 10.6 Å². The van der Waals surface area contributed by atoms with Crippen molar-refractivity contribution in [2.45, 2.75) is 57.3 Å². The van der Waals surface area contributed by atoms with Crippen LogP contribution in [0.25, 0.3) is 11.0 Å². The molecule has 0 aliphatic heterocycles. The summed E-state index contributed by atoms with van der Waals surface area (Å²) >= 11 is 0. The second-order valence-corrected chi connectivity index (χ2v) is 8.19. The smallest absolute Gasteiger partial charge is 0.353 e. The highest BCUT2D eigenvalue weighted by Gasteiger charge is 2.31. The van der Waals surface area contributed by atoms with E-state index in [9.17, 15) is 22.8 Å². The maximum Gasteiger partial charge on any atom is 0.416 e. The minimum Gasteiger partial charge on any atom is -0.353 e. The van der Waals surface area contributed by atoms with Gasteiger partial charge in [0.2, 0.25) is 5.91 Å². The van der Waals surface area contributed by atoms with Crippen LogP contribution in [0.4, 0.5) is 13.2 Å². The summed E-state index contributed by atoms with van der Waals surface area (Å²) < 4.78 is 41.2. The topological polar surface area (TPSA) is 64.0 Å². The number of nitrogens with zero attached hydrogens (tertiary/aromatic N) is 2. The molecular formula is C24H24F3N3O2. The molecule has 0 spiro atoms. The van der Waals surface area contributed by atoms with Crippen LogP contribution in [0, 0.1) is 0 Å². The first-order valence-corrected chi connectivity index (χ1v) is 10.8. The van der Waals surface area contributed by atoms with Crippen molar-refractivity contribution in [3.05, 3.63) is 75.7 Å². The van der Waals surface area contributed by atoms with E-state index in [2.05, 4.69) is 10.3 Å². The molecule has 168 valence electrons. The molecule has 4 rings (SSSR count). The highest BCUT2D eigenvalue weighted by Crippen LogP contribution is 2.31. The summed E-state index contributed by atoms with van der Waals surface area (Å²) in [4.78, 5) is 29.7. The average Bonchev–Trinajstić information content (AvgIpc) is 3.27. The van der Waals surface area contributed by atoms with Crippen molar-refractivity contribution in [1.29, 1.82) is 0 Å². The van der Waals surface area contributed by atoms with Gasteiger partial charge in [-0.1, -0.05) is 43.2 Å². The van der Waals surface area contributed by atoms with Gasteiger partial charge in [-0.25, -0.2) is 4.98 Å². The monoisotopic (exact) mass is 443 g/mol. The maximum absolute atomic E-state index is 13.2. The lowest BCUT2D eigenvalue weighted by Gasteiger charge is -2.15. The Morgan fingerprint density at radius 3 is 2.50 bits per heavy atom. The van der Waals surface area contributed by atoms with E-state index in [0.717, 1.165) is 43.4 Å². The molecule has 0 bridgehead atoms. The summed E-state index contributed by atoms with van der Waals surface area (Å²) in [6, 6.07) is 12.6. The standard InChI is InChI=1S/C24H24F3N3O2/c25-24(26,27)17-10-12-21-20(14-17)29-19(11-13-22(31)28-18-8-4-5-9-18)23(32)30(21)15-16-6-2-1-3-7-16/h1-3,6-7,10,12,14,18H,4-5,8-9,11,13,15H2,(H,28,31). The van der Waals surface area contributed by atoms with Gasteiger partial charge in [0.05, 0.1) is 23.1 Å². The van der Waals surface area contributed by atoms with Crippen LogP contribution < -0.4 is 10.9 Å². The predicted octanol–water partition coefficient (Wildman–Crippen LogP) is 4.46. The number of nitrogens with one attached hydrogen (secondary N) is 1. The largest absolute Gasteiger partial charge is 0.416 e. The Morgan fingerprint density at radius 1 is 1.09 bits per heavy atom. The highest BCUT2D eigenvalue weighted by molar-refractivity contribution is 5.77. The number of halogens is 3. The van der Waals surface area contributed by atoms with Gasteiger partial charge in [-0.3, -0.25) is 9.59 Å². The molecule has 2 aromatic carbocycles. The lowest BCUT2D eigenvalue weighted by Crippen LogP contribution is -2.33. The Morgan fingerprint density at radius 2 is 1.81 bits per heavy atom. The van der Waals surface area contributed by atoms with Crippen molar-refractivity contribution in [3.63, 3.8) is 0 Å². The first-order valence-electron chi connectivity index (χ1n) is 10.8. The van der Waals surface area contributed by atoms with E-state index >= 15 is 0 Å². The quantitative estimate of drug-likeness (QED) is 0.612. The fraction of sp³-hybridized carbons (Fsp3) is 0.375. The number of carbonyl (C=O) groups excluding carboxylic acids is 1. The number of fused-ring (bicyclic) bond motifs is 1. The summed E-state index contributed by atoms with van der Waals surface area (Å²) in [5.41, 5.74) is 0.121. The summed E-state index contributed by atoms with van der Waals surface area (Å²) in [5, 5.41) is 2.96. The first kappa shape index (κ1) is 22.0. The fourth-order valence-electron chi connectivity index (χ4n) is 4.16. The Balaban J connectivity index is 1.68. The van der Waals surface area contributed by atoms with E-state index in [-0.39, 0.29) is 42.5 Å². The minimum absolute atomic E-state index is 0.0640. The van der Waals surface area contributed by atoms with Crippen molar-refractivity contribution >= 4 is 16.9 Å². The molecule has 3 aromatic rings. The Hall–Kier alpha value is -3.16. The molecule has 5 nitrogen and oxygen atoms in total. The van der Waals surface area contributed by atoms with Crippen LogP contribution in [-0.4, -0.2) is 21.5 Å². The number of aromatic nitrogens is 2. The molecule has 32 heavy (non-hydrogen) atoms. The van der Waals surface area contributed by atoms with Crippen molar-refractivity contribution in [3.8, 4) is 0 Å². The number of amides is 1. The third-order valence-electron chi connectivity index (χ3n) is 5.83. The SMILES string of the molecule is O=C(CCc1nc2cc(C(F)(F)F)ccc2n(Cc2ccccc2)c1=O)NC1CCCC1. The number of hydrogen-bond donors (Lipinski definition) is 1. The number of hydrogen-bond acceptors (Lipinski definition) is 3. The molecule has 1 saturated carbocycles. The Labute approximate surface area is 183 Å². The zero-order valence-corrected chi connectivity index (χ0v) is 17.5. The van der Waals surface area contributed by atoms with Crippen LogP contribution in [0.5, 0.6) is 0 Å². The van der Waals surface area contributed by atoms with Gasteiger partial charge in [0.15, 0.2) is 0 Å². The van der Waals surface area contributed by atoms with Crippen molar-refractivity contribution in [2.24, 2.45) is 0 Å².